The number of carbonyl (C=O) groups excluding carboxylic acids is 1. The molecule has 2 N–H and O–H groups in total. The molecular formula is C13H14F3NO2. The van der Waals surface area contributed by atoms with Crippen LogP contribution in [0.25, 0.3) is 0 Å². The van der Waals surface area contributed by atoms with Crippen LogP contribution in [0.1, 0.15) is 28.8 Å². The van der Waals surface area contributed by atoms with Gasteiger partial charge in [-0.05, 0) is 37.6 Å². The minimum absolute atomic E-state index is 0.247. The third-order valence-electron chi connectivity index (χ3n) is 3.26. The van der Waals surface area contributed by atoms with Crippen molar-refractivity contribution in [3.8, 4) is 5.75 Å². The summed E-state index contributed by atoms with van der Waals surface area (Å²) in [4.78, 5) is 12.1. The molecule has 1 unspecified atom stereocenters. The van der Waals surface area contributed by atoms with E-state index in [0.717, 1.165) is 31.2 Å². The van der Waals surface area contributed by atoms with Crippen molar-refractivity contribution in [2.75, 3.05) is 13.1 Å². The van der Waals surface area contributed by atoms with Gasteiger partial charge in [-0.1, -0.05) is 0 Å². The summed E-state index contributed by atoms with van der Waals surface area (Å²) in [6, 6.07) is 2.42. The van der Waals surface area contributed by atoms with E-state index in [-0.39, 0.29) is 11.5 Å². The van der Waals surface area contributed by atoms with Gasteiger partial charge < -0.3 is 10.4 Å². The Bertz CT molecular complexity index is 479. The number of phenolic OH excluding ortho intramolecular Hbond substituents is 1. The summed E-state index contributed by atoms with van der Waals surface area (Å²) in [5.74, 6) is -1.21. The summed E-state index contributed by atoms with van der Waals surface area (Å²) < 4.78 is 37.8. The van der Waals surface area contributed by atoms with Crippen LogP contribution >= 0.6 is 0 Å². The number of hydrogen-bond donors (Lipinski definition) is 2. The highest BCUT2D eigenvalue weighted by Crippen LogP contribution is 2.33. The number of piperidine rings is 1. The Balaban J connectivity index is 2.30. The van der Waals surface area contributed by atoms with Gasteiger partial charge in [0.1, 0.15) is 5.75 Å². The van der Waals surface area contributed by atoms with Crippen LogP contribution < -0.4 is 5.32 Å². The number of aromatic hydroxyl groups is 1. The monoisotopic (exact) mass is 273 g/mol. The maximum absolute atomic E-state index is 12.6. The number of hydrogen-bond acceptors (Lipinski definition) is 3. The lowest BCUT2D eigenvalue weighted by molar-refractivity contribution is -0.137. The second-order valence-corrected chi connectivity index (χ2v) is 4.64. The van der Waals surface area contributed by atoms with Crippen LogP contribution in [-0.4, -0.2) is 24.0 Å². The van der Waals surface area contributed by atoms with Crippen LogP contribution in [0.15, 0.2) is 18.2 Å². The highest BCUT2D eigenvalue weighted by molar-refractivity contribution is 6.00. The molecule has 6 heteroatoms. The molecule has 2 rings (SSSR count). The van der Waals surface area contributed by atoms with Crippen LogP contribution in [0.5, 0.6) is 5.75 Å². The van der Waals surface area contributed by atoms with Gasteiger partial charge >= 0.3 is 6.18 Å². The molecule has 1 aliphatic rings. The average Bonchev–Trinajstić information content (AvgIpc) is 2.38. The van der Waals surface area contributed by atoms with E-state index >= 15 is 0 Å². The van der Waals surface area contributed by atoms with Crippen LogP contribution in [0.2, 0.25) is 0 Å². The van der Waals surface area contributed by atoms with Gasteiger partial charge in [-0.25, -0.2) is 0 Å². The fourth-order valence-corrected chi connectivity index (χ4v) is 2.21. The van der Waals surface area contributed by atoms with Crippen molar-refractivity contribution in [1.29, 1.82) is 0 Å². The summed E-state index contributed by atoms with van der Waals surface area (Å²) in [7, 11) is 0. The first-order chi connectivity index (χ1) is 8.89. The Labute approximate surface area is 108 Å². The van der Waals surface area contributed by atoms with Gasteiger partial charge in [0.15, 0.2) is 5.78 Å². The Morgan fingerprint density at radius 2 is 2.11 bits per heavy atom. The zero-order chi connectivity index (χ0) is 14.0. The Hall–Kier alpha value is -1.56. The van der Waals surface area contributed by atoms with E-state index in [2.05, 4.69) is 5.32 Å². The molecule has 1 saturated heterocycles. The third kappa shape index (κ3) is 3.07. The summed E-state index contributed by atoms with van der Waals surface area (Å²) in [6.45, 7) is 1.24. The molecule has 1 aromatic rings. The molecule has 1 aliphatic heterocycles. The molecule has 0 aliphatic carbocycles. The highest BCUT2D eigenvalue weighted by atomic mass is 19.4. The second-order valence-electron chi connectivity index (χ2n) is 4.64. The first kappa shape index (κ1) is 13.9. The minimum Gasteiger partial charge on any atom is -0.507 e. The molecule has 0 radical (unpaired) electrons. The number of carbonyl (C=O) groups is 1. The Morgan fingerprint density at radius 1 is 1.37 bits per heavy atom. The molecule has 0 saturated carbocycles. The van der Waals surface area contributed by atoms with Crippen molar-refractivity contribution in [3.05, 3.63) is 29.3 Å². The SMILES string of the molecule is O=C(c1cc(C(F)(F)F)ccc1O)C1CCCNC1. The third-order valence-corrected chi connectivity index (χ3v) is 3.26. The predicted molar refractivity (Wildman–Crippen MR) is 63.0 cm³/mol. The molecular weight excluding hydrogens is 259 g/mol. The standard InChI is InChI=1S/C13H14F3NO2/c14-13(15,16)9-3-4-11(18)10(6-9)12(19)8-2-1-5-17-7-8/h3-4,6,8,17-18H,1-2,5,7H2. The van der Waals surface area contributed by atoms with Gasteiger partial charge in [0, 0.05) is 12.5 Å². The fraction of sp³-hybridized carbons (Fsp3) is 0.462. The number of Topliss-reactive ketones (excluding diaryl/α,β-unsaturated/α-hetero) is 1. The maximum atomic E-state index is 12.6. The smallest absolute Gasteiger partial charge is 0.416 e. The van der Waals surface area contributed by atoms with Crippen molar-refractivity contribution in [1.82, 2.24) is 5.32 Å². The molecule has 0 amide bonds. The van der Waals surface area contributed by atoms with Crippen molar-refractivity contribution in [3.63, 3.8) is 0 Å². The van der Waals surface area contributed by atoms with Gasteiger partial charge in [-0.3, -0.25) is 4.79 Å². The molecule has 0 aromatic heterocycles. The molecule has 0 bridgehead atoms. The molecule has 1 atom stereocenters. The van der Waals surface area contributed by atoms with E-state index in [1.165, 1.54) is 0 Å². The summed E-state index contributed by atoms with van der Waals surface area (Å²) >= 11 is 0. The number of halogens is 3. The molecule has 104 valence electrons. The number of alkyl halides is 3. The van der Waals surface area contributed by atoms with Crippen molar-refractivity contribution in [2.45, 2.75) is 19.0 Å². The fourth-order valence-electron chi connectivity index (χ4n) is 2.21. The first-order valence-electron chi connectivity index (χ1n) is 6.04. The number of phenols is 1. The molecule has 1 aromatic carbocycles. The largest absolute Gasteiger partial charge is 0.507 e. The van der Waals surface area contributed by atoms with E-state index in [9.17, 15) is 23.1 Å². The van der Waals surface area contributed by atoms with E-state index < -0.39 is 23.3 Å². The van der Waals surface area contributed by atoms with Crippen molar-refractivity contribution in [2.24, 2.45) is 5.92 Å². The van der Waals surface area contributed by atoms with Gasteiger partial charge in [0.2, 0.25) is 0 Å². The summed E-state index contributed by atoms with van der Waals surface area (Å²) in [5, 5.41) is 12.6. The number of benzene rings is 1. The molecule has 1 fully saturated rings. The molecule has 19 heavy (non-hydrogen) atoms. The van der Waals surface area contributed by atoms with Gasteiger partial charge in [-0.2, -0.15) is 13.2 Å². The van der Waals surface area contributed by atoms with Crippen LogP contribution in [0, 0.1) is 5.92 Å². The minimum atomic E-state index is -4.52. The number of nitrogens with one attached hydrogen (secondary N) is 1. The first-order valence-corrected chi connectivity index (χ1v) is 6.04. The van der Waals surface area contributed by atoms with Gasteiger partial charge in [-0.15, -0.1) is 0 Å². The number of rotatable bonds is 2. The predicted octanol–water partition coefficient (Wildman–Crippen LogP) is 2.59. The van der Waals surface area contributed by atoms with Crippen molar-refractivity contribution < 1.29 is 23.1 Å². The lowest BCUT2D eigenvalue weighted by Crippen LogP contribution is -2.34. The van der Waals surface area contributed by atoms with Crippen LogP contribution in [-0.2, 0) is 6.18 Å². The van der Waals surface area contributed by atoms with Gasteiger partial charge in [0.05, 0.1) is 11.1 Å². The molecule has 0 spiro atoms. The maximum Gasteiger partial charge on any atom is 0.416 e. The summed E-state index contributed by atoms with van der Waals surface area (Å²) in [5.41, 5.74) is -1.17. The Morgan fingerprint density at radius 3 is 2.68 bits per heavy atom. The molecule has 3 nitrogen and oxygen atoms in total. The molecule has 1 heterocycles. The Kier molecular flexibility index (Phi) is 3.80. The zero-order valence-corrected chi connectivity index (χ0v) is 10.1. The summed E-state index contributed by atoms with van der Waals surface area (Å²) in [6.07, 6.45) is -3.09. The van der Waals surface area contributed by atoms with Gasteiger partial charge in [0.25, 0.3) is 0 Å². The zero-order valence-electron chi connectivity index (χ0n) is 10.1. The van der Waals surface area contributed by atoms with E-state index in [1.807, 2.05) is 0 Å². The van der Waals surface area contributed by atoms with E-state index in [0.29, 0.717) is 13.0 Å². The lowest BCUT2D eigenvalue weighted by Gasteiger charge is -2.22. The normalized spacial score (nSPS) is 20.3. The van der Waals surface area contributed by atoms with Crippen LogP contribution in [0.3, 0.4) is 0 Å². The highest BCUT2D eigenvalue weighted by Gasteiger charge is 2.33. The van der Waals surface area contributed by atoms with Crippen molar-refractivity contribution >= 4 is 5.78 Å². The lowest BCUT2D eigenvalue weighted by atomic mass is 9.90. The quantitative estimate of drug-likeness (QED) is 0.814. The van der Waals surface area contributed by atoms with E-state index in [1.54, 1.807) is 0 Å². The topological polar surface area (TPSA) is 49.3 Å². The van der Waals surface area contributed by atoms with Crippen LogP contribution in [0.4, 0.5) is 13.2 Å². The number of ketones is 1. The second kappa shape index (κ2) is 5.21. The average molecular weight is 273 g/mol. The van der Waals surface area contributed by atoms with E-state index in [4.69, 9.17) is 0 Å².